The van der Waals surface area contributed by atoms with Gasteiger partial charge in [-0.2, -0.15) is 0 Å². The van der Waals surface area contributed by atoms with Crippen molar-refractivity contribution in [1.82, 2.24) is 24.8 Å². The Balaban J connectivity index is 1.71. The summed E-state index contributed by atoms with van der Waals surface area (Å²) in [6, 6.07) is 1.89. The lowest BCUT2D eigenvalue weighted by molar-refractivity contribution is -0.129. The number of nitrogens with zero attached hydrogens (tertiary/aromatic N) is 4. The molecule has 0 radical (unpaired) electrons. The van der Waals surface area contributed by atoms with E-state index in [2.05, 4.69) is 19.9 Å². The highest BCUT2D eigenvalue weighted by Gasteiger charge is 2.23. The number of carbonyl (C=O) groups is 1. The van der Waals surface area contributed by atoms with Gasteiger partial charge in [0.05, 0.1) is 23.3 Å². The Morgan fingerprint density at radius 1 is 1.33 bits per heavy atom. The smallest absolute Gasteiger partial charge is 0.279 e. The van der Waals surface area contributed by atoms with Gasteiger partial charge in [-0.05, 0) is 31.1 Å². The van der Waals surface area contributed by atoms with E-state index in [-0.39, 0.29) is 11.8 Å². The van der Waals surface area contributed by atoms with Crippen LogP contribution in [0.4, 0.5) is 8.78 Å². The summed E-state index contributed by atoms with van der Waals surface area (Å²) in [5, 5.41) is 7.12. The number of hydrogen-bond donors (Lipinski definition) is 2. The van der Waals surface area contributed by atoms with E-state index < -0.39 is 12.1 Å². The van der Waals surface area contributed by atoms with E-state index in [0.717, 1.165) is 24.6 Å². The molecule has 0 aromatic carbocycles. The third-order valence-electron chi connectivity index (χ3n) is 4.57. The molecule has 0 atom stereocenters. The molecule has 3 rings (SSSR count). The quantitative estimate of drug-likeness (QED) is 0.786. The molecular formula is C18H20F2N6O. The lowest BCUT2D eigenvalue weighted by atomic mass is 9.93. The minimum atomic E-state index is -2.81. The van der Waals surface area contributed by atoms with Crippen molar-refractivity contribution in [3.05, 3.63) is 36.2 Å². The second-order valence-corrected chi connectivity index (χ2v) is 6.38. The van der Waals surface area contributed by atoms with Crippen molar-refractivity contribution in [3.63, 3.8) is 0 Å². The van der Waals surface area contributed by atoms with E-state index in [1.54, 1.807) is 13.1 Å². The van der Waals surface area contributed by atoms with E-state index >= 15 is 0 Å². The molecule has 0 unspecified atom stereocenters. The van der Waals surface area contributed by atoms with Crippen molar-refractivity contribution in [2.24, 2.45) is 0 Å². The van der Waals surface area contributed by atoms with Crippen LogP contribution in [0, 0.1) is 5.41 Å². The number of imidazole rings is 1. The van der Waals surface area contributed by atoms with Crippen LogP contribution in [-0.4, -0.2) is 56.0 Å². The average Bonchev–Trinajstić information content (AvgIpc) is 3.15. The SMILES string of the molecule is CC(=O)N1CCC(c2cc(-c3cnc(/C=C\C(=N)C(F)F)[nH]3)ncn2)CC1. The predicted octanol–water partition coefficient (Wildman–Crippen LogP) is 2.89. The van der Waals surface area contributed by atoms with Crippen LogP contribution >= 0.6 is 0 Å². The van der Waals surface area contributed by atoms with Crippen LogP contribution < -0.4 is 0 Å². The predicted molar refractivity (Wildman–Crippen MR) is 96.6 cm³/mol. The van der Waals surface area contributed by atoms with Gasteiger partial charge >= 0.3 is 0 Å². The van der Waals surface area contributed by atoms with Gasteiger partial charge in [-0.3, -0.25) is 10.2 Å². The first-order valence-corrected chi connectivity index (χ1v) is 8.61. The van der Waals surface area contributed by atoms with Crippen molar-refractivity contribution >= 4 is 17.7 Å². The topological polar surface area (TPSA) is 98.6 Å². The molecule has 2 aromatic rings. The van der Waals surface area contributed by atoms with Gasteiger partial charge in [0.15, 0.2) is 0 Å². The molecule has 0 saturated carbocycles. The van der Waals surface area contributed by atoms with Gasteiger partial charge in [-0.25, -0.2) is 23.7 Å². The standard InChI is InChI=1S/C18H20F2N6O/c1-11(27)26-6-4-12(5-7-26)14-8-15(24-10-23-14)16-9-22-17(25-16)3-2-13(21)18(19)20/h2-3,8-10,12,18,21H,4-7H2,1H3,(H,22,25)/b3-2-,21-13?. The van der Waals surface area contributed by atoms with Crippen LogP contribution in [0.15, 0.2) is 24.7 Å². The molecular weight excluding hydrogens is 354 g/mol. The number of aromatic nitrogens is 4. The Hall–Kier alpha value is -2.97. The van der Waals surface area contributed by atoms with Gasteiger partial charge < -0.3 is 9.88 Å². The number of rotatable bonds is 5. The number of hydrogen-bond acceptors (Lipinski definition) is 5. The van der Waals surface area contributed by atoms with Crippen LogP contribution in [0.3, 0.4) is 0 Å². The fraction of sp³-hybridized carbons (Fsp3) is 0.389. The summed E-state index contributed by atoms with van der Waals surface area (Å²) < 4.78 is 24.7. The Kier molecular flexibility index (Phi) is 5.68. The molecule has 27 heavy (non-hydrogen) atoms. The van der Waals surface area contributed by atoms with E-state index in [4.69, 9.17) is 5.41 Å². The minimum Gasteiger partial charge on any atom is -0.343 e. The van der Waals surface area contributed by atoms with Gasteiger partial charge in [-0.1, -0.05) is 0 Å². The van der Waals surface area contributed by atoms with E-state index in [9.17, 15) is 13.6 Å². The second-order valence-electron chi connectivity index (χ2n) is 6.38. The molecule has 7 nitrogen and oxygen atoms in total. The molecule has 142 valence electrons. The van der Waals surface area contributed by atoms with Crippen LogP contribution in [0.25, 0.3) is 17.5 Å². The Bertz CT molecular complexity index is 855. The summed E-state index contributed by atoms with van der Waals surface area (Å²) in [6.07, 6.45) is 4.29. The highest BCUT2D eigenvalue weighted by atomic mass is 19.3. The number of piperidine rings is 1. The van der Waals surface area contributed by atoms with Gasteiger partial charge in [0.1, 0.15) is 12.2 Å². The number of aromatic amines is 1. The Labute approximate surface area is 155 Å². The first kappa shape index (κ1) is 18.8. The molecule has 0 spiro atoms. The molecule has 1 saturated heterocycles. The highest BCUT2D eigenvalue weighted by molar-refractivity contribution is 5.97. The average molecular weight is 374 g/mol. The lowest BCUT2D eigenvalue weighted by Gasteiger charge is -2.30. The Morgan fingerprint density at radius 2 is 2.07 bits per heavy atom. The molecule has 1 aliphatic heterocycles. The molecule has 3 heterocycles. The number of H-pyrrole nitrogens is 1. The maximum atomic E-state index is 12.3. The van der Waals surface area contributed by atoms with Crippen LogP contribution in [0.2, 0.25) is 0 Å². The molecule has 1 amide bonds. The number of halogens is 2. The van der Waals surface area contributed by atoms with Crippen LogP contribution in [0.5, 0.6) is 0 Å². The molecule has 2 N–H and O–H groups in total. The summed E-state index contributed by atoms with van der Waals surface area (Å²) in [5.74, 6) is 0.719. The number of likely N-dealkylation sites (tertiary alicyclic amines) is 1. The minimum absolute atomic E-state index is 0.0924. The van der Waals surface area contributed by atoms with Crippen molar-refractivity contribution in [2.75, 3.05) is 13.1 Å². The van der Waals surface area contributed by atoms with Gasteiger partial charge in [0.25, 0.3) is 6.43 Å². The van der Waals surface area contributed by atoms with Gasteiger partial charge in [-0.15, -0.1) is 0 Å². The Morgan fingerprint density at radius 3 is 2.74 bits per heavy atom. The number of nitrogens with one attached hydrogen (secondary N) is 2. The number of alkyl halides is 2. The van der Waals surface area contributed by atoms with Gasteiger partial charge in [0, 0.05) is 31.6 Å². The fourth-order valence-corrected chi connectivity index (χ4v) is 3.03. The zero-order chi connectivity index (χ0) is 19.4. The summed E-state index contributed by atoms with van der Waals surface area (Å²) in [6.45, 7) is 3.01. The van der Waals surface area contributed by atoms with Crippen molar-refractivity contribution in [2.45, 2.75) is 32.1 Å². The third kappa shape index (κ3) is 4.60. The number of carbonyl (C=O) groups excluding carboxylic acids is 1. The van der Waals surface area contributed by atoms with Crippen LogP contribution in [0.1, 0.15) is 37.2 Å². The molecule has 1 fully saturated rings. The highest BCUT2D eigenvalue weighted by Crippen LogP contribution is 2.28. The zero-order valence-corrected chi connectivity index (χ0v) is 14.8. The van der Waals surface area contributed by atoms with Crippen LogP contribution in [-0.2, 0) is 4.79 Å². The van der Waals surface area contributed by atoms with E-state index in [1.807, 2.05) is 11.0 Å². The largest absolute Gasteiger partial charge is 0.343 e. The maximum Gasteiger partial charge on any atom is 0.279 e. The first-order valence-electron chi connectivity index (χ1n) is 8.61. The van der Waals surface area contributed by atoms with Crippen molar-refractivity contribution < 1.29 is 13.6 Å². The van der Waals surface area contributed by atoms with Crippen molar-refractivity contribution in [3.8, 4) is 11.4 Å². The number of allylic oxidation sites excluding steroid dienone is 1. The molecule has 0 bridgehead atoms. The summed E-state index contributed by atoms with van der Waals surface area (Å²) in [4.78, 5) is 29.0. The summed E-state index contributed by atoms with van der Waals surface area (Å²) in [7, 11) is 0. The molecule has 2 aromatic heterocycles. The van der Waals surface area contributed by atoms with E-state index in [1.165, 1.54) is 12.4 Å². The zero-order valence-electron chi connectivity index (χ0n) is 14.8. The monoisotopic (exact) mass is 374 g/mol. The molecule has 0 aliphatic carbocycles. The third-order valence-corrected chi connectivity index (χ3v) is 4.57. The number of amides is 1. The summed E-state index contributed by atoms with van der Waals surface area (Å²) in [5.41, 5.74) is 1.44. The maximum absolute atomic E-state index is 12.3. The lowest BCUT2D eigenvalue weighted by Crippen LogP contribution is -2.36. The fourth-order valence-electron chi connectivity index (χ4n) is 3.03. The van der Waals surface area contributed by atoms with E-state index in [0.29, 0.717) is 30.3 Å². The summed E-state index contributed by atoms with van der Waals surface area (Å²) >= 11 is 0. The molecule has 9 heteroatoms. The second kappa shape index (κ2) is 8.15. The van der Waals surface area contributed by atoms with Gasteiger partial charge in [0.2, 0.25) is 5.91 Å². The van der Waals surface area contributed by atoms with Crippen molar-refractivity contribution in [1.29, 1.82) is 5.41 Å². The first-order chi connectivity index (χ1) is 12.9. The normalized spacial score (nSPS) is 15.6. The molecule has 1 aliphatic rings.